The van der Waals surface area contributed by atoms with Crippen LogP contribution >= 0.6 is 11.8 Å². The Morgan fingerprint density at radius 2 is 2.13 bits per heavy atom. The van der Waals surface area contributed by atoms with Gasteiger partial charge in [0.25, 0.3) is 0 Å². The third-order valence-corrected chi connectivity index (χ3v) is 4.86. The molecule has 0 bridgehead atoms. The molecule has 1 N–H and O–H groups in total. The first-order chi connectivity index (χ1) is 7.18. The van der Waals surface area contributed by atoms with Crippen molar-refractivity contribution in [1.82, 2.24) is 0 Å². The van der Waals surface area contributed by atoms with Crippen molar-refractivity contribution in [2.45, 2.75) is 32.6 Å². The Morgan fingerprint density at radius 3 is 2.73 bits per heavy atom. The second kappa shape index (κ2) is 4.60. The SMILES string of the molecule is CC1=C(O)CC(C2CCCSC2)CC1=O. The number of Topliss-reactive ketones (excluding diaryl/α,β-unsaturated/α-hetero) is 1. The molecule has 2 aliphatic rings. The molecule has 0 aromatic rings. The molecule has 0 spiro atoms. The minimum absolute atomic E-state index is 0.152. The van der Waals surface area contributed by atoms with Gasteiger partial charge in [-0.2, -0.15) is 11.8 Å². The molecule has 1 fully saturated rings. The van der Waals surface area contributed by atoms with Gasteiger partial charge in [-0.25, -0.2) is 0 Å². The van der Waals surface area contributed by atoms with E-state index in [4.69, 9.17) is 0 Å². The third kappa shape index (κ3) is 2.39. The van der Waals surface area contributed by atoms with Gasteiger partial charge in [-0.15, -0.1) is 0 Å². The van der Waals surface area contributed by atoms with E-state index in [1.807, 2.05) is 11.8 Å². The molecule has 3 heteroatoms. The van der Waals surface area contributed by atoms with Crippen molar-refractivity contribution in [3.8, 4) is 0 Å². The van der Waals surface area contributed by atoms with Crippen LogP contribution in [0.2, 0.25) is 0 Å². The zero-order valence-electron chi connectivity index (χ0n) is 9.16. The van der Waals surface area contributed by atoms with Crippen LogP contribution in [0.15, 0.2) is 11.3 Å². The third-order valence-electron chi connectivity index (χ3n) is 3.62. The van der Waals surface area contributed by atoms with Crippen molar-refractivity contribution < 1.29 is 9.90 Å². The van der Waals surface area contributed by atoms with Gasteiger partial charge in [0, 0.05) is 18.4 Å². The van der Waals surface area contributed by atoms with E-state index in [0.717, 1.165) is 6.42 Å². The van der Waals surface area contributed by atoms with E-state index in [9.17, 15) is 9.90 Å². The lowest BCUT2D eigenvalue weighted by Crippen LogP contribution is -2.27. The highest BCUT2D eigenvalue weighted by Gasteiger charge is 2.31. The summed E-state index contributed by atoms with van der Waals surface area (Å²) in [4.78, 5) is 11.6. The van der Waals surface area contributed by atoms with Crippen molar-refractivity contribution in [2.75, 3.05) is 11.5 Å². The highest BCUT2D eigenvalue weighted by atomic mass is 32.2. The Morgan fingerprint density at radius 1 is 1.33 bits per heavy atom. The lowest BCUT2D eigenvalue weighted by atomic mass is 9.78. The van der Waals surface area contributed by atoms with Crippen LogP contribution in [0, 0.1) is 11.8 Å². The highest BCUT2D eigenvalue weighted by Crippen LogP contribution is 2.37. The van der Waals surface area contributed by atoms with E-state index in [0.29, 0.717) is 29.6 Å². The summed E-state index contributed by atoms with van der Waals surface area (Å²) < 4.78 is 0. The van der Waals surface area contributed by atoms with Gasteiger partial charge in [-0.05, 0) is 43.1 Å². The number of hydrogen-bond acceptors (Lipinski definition) is 3. The van der Waals surface area contributed by atoms with Crippen LogP contribution in [0.3, 0.4) is 0 Å². The van der Waals surface area contributed by atoms with E-state index in [1.165, 1.54) is 24.3 Å². The van der Waals surface area contributed by atoms with Crippen LogP contribution in [0.25, 0.3) is 0 Å². The van der Waals surface area contributed by atoms with Crippen LogP contribution in [-0.2, 0) is 4.79 Å². The summed E-state index contributed by atoms with van der Waals surface area (Å²) in [6, 6.07) is 0. The van der Waals surface area contributed by atoms with Crippen molar-refractivity contribution in [2.24, 2.45) is 11.8 Å². The molecule has 0 aromatic heterocycles. The highest BCUT2D eigenvalue weighted by molar-refractivity contribution is 7.99. The molecule has 0 aromatic carbocycles. The van der Waals surface area contributed by atoms with E-state index in [-0.39, 0.29) is 5.78 Å². The molecule has 2 atom stereocenters. The van der Waals surface area contributed by atoms with Gasteiger partial charge in [0.15, 0.2) is 5.78 Å². The van der Waals surface area contributed by atoms with E-state index < -0.39 is 0 Å². The number of rotatable bonds is 1. The fourth-order valence-corrected chi connectivity index (χ4v) is 3.78. The summed E-state index contributed by atoms with van der Waals surface area (Å²) in [7, 11) is 0. The van der Waals surface area contributed by atoms with Crippen molar-refractivity contribution in [1.29, 1.82) is 0 Å². The fraction of sp³-hybridized carbons (Fsp3) is 0.750. The summed E-state index contributed by atoms with van der Waals surface area (Å²) in [5.74, 6) is 3.96. The normalized spacial score (nSPS) is 33.3. The Hall–Kier alpha value is -0.440. The lowest BCUT2D eigenvalue weighted by molar-refractivity contribution is -0.117. The first-order valence-electron chi connectivity index (χ1n) is 5.68. The van der Waals surface area contributed by atoms with Gasteiger partial charge in [0.1, 0.15) is 0 Å². The molecule has 0 radical (unpaired) electrons. The Kier molecular flexibility index (Phi) is 3.39. The molecule has 1 saturated heterocycles. The van der Waals surface area contributed by atoms with Crippen LogP contribution < -0.4 is 0 Å². The smallest absolute Gasteiger partial charge is 0.162 e. The summed E-state index contributed by atoms with van der Waals surface area (Å²) in [5.41, 5.74) is 0.592. The first kappa shape index (κ1) is 11.1. The number of carbonyl (C=O) groups excluding carboxylic acids is 1. The van der Waals surface area contributed by atoms with Gasteiger partial charge in [-0.3, -0.25) is 4.79 Å². The predicted octanol–water partition coefficient (Wildman–Crippen LogP) is 2.94. The molecule has 15 heavy (non-hydrogen) atoms. The fourth-order valence-electron chi connectivity index (χ4n) is 2.50. The van der Waals surface area contributed by atoms with Crippen LogP contribution in [0.5, 0.6) is 0 Å². The Balaban J connectivity index is 2.03. The summed E-state index contributed by atoms with van der Waals surface area (Å²) in [6.45, 7) is 1.74. The maximum Gasteiger partial charge on any atom is 0.162 e. The van der Waals surface area contributed by atoms with Gasteiger partial charge in [-0.1, -0.05) is 0 Å². The van der Waals surface area contributed by atoms with E-state index in [2.05, 4.69) is 0 Å². The second-order valence-electron chi connectivity index (χ2n) is 4.64. The van der Waals surface area contributed by atoms with Crippen molar-refractivity contribution >= 4 is 17.5 Å². The molecule has 0 amide bonds. The number of aliphatic hydroxyl groups is 1. The average Bonchev–Trinajstić information content (AvgIpc) is 2.26. The maximum absolute atomic E-state index is 11.6. The molecular weight excluding hydrogens is 208 g/mol. The minimum Gasteiger partial charge on any atom is -0.512 e. The standard InChI is InChI=1S/C12H18O2S/c1-8-11(13)5-10(6-12(8)14)9-3-2-4-15-7-9/h9-10,13H,2-7H2,1H3. The number of carbonyl (C=O) groups is 1. The Bertz CT molecular complexity index is 290. The van der Waals surface area contributed by atoms with Crippen molar-refractivity contribution in [3.05, 3.63) is 11.3 Å². The zero-order valence-corrected chi connectivity index (χ0v) is 9.98. The zero-order chi connectivity index (χ0) is 10.8. The Labute approximate surface area is 95.1 Å². The quantitative estimate of drug-likeness (QED) is 0.747. The molecule has 2 nitrogen and oxygen atoms in total. The van der Waals surface area contributed by atoms with Crippen LogP contribution in [-0.4, -0.2) is 22.4 Å². The summed E-state index contributed by atoms with van der Waals surface area (Å²) >= 11 is 1.99. The van der Waals surface area contributed by atoms with Gasteiger partial charge >= 0.3 is 0 Å². The van der Waals surface area contributed by atoms with Gasteiger partial charge in [0.05, 0.1) is 5.76 Å². The predicted molar refractivity (Wildman–Crippen MR) is 63.1 cm³/mol. The molecule has 0 saturated carbocycles. The maximum atomic E-state index is 11.6. The molecule has 1 aliphatic carbocycles. The second-order valence-corrected chi connectivity index (χ2v) is 5.79. The van der Waals surface area contributed by atoms with Gasteiger partial charge in [0.2, 0.25) is 0 Å². The lowest BCUT2D eigenvalue weighted by Gasteiger charge is -2.32. The number of thioether (sulfide) groups is 1. The topological polar surface area (TPSA) is 37.3 Å². The number of hydrogen-bond donors (Lipinski definition) is 1. The number of ketones is 1. The van der Waals surface area contributed by atoms with Crippen molar-refractivity contribution in [3.63, 3.8) is 0 Å². The van der Waals surface area contributed by atoms with Crippen LogP contribution in [0.1, 0.15) is 32.6 Å². The first-order valence-corrected chi connectivity index (χ1v) is 6.83. The molecule has 1 heterocycles. The molecule has 1 aliphatic heterocycles. The average molecular weight is 226 g/mol. The van der Waals surface area contributed by atoms with Gasteiger partial charge < -0.3 is 5.11 Å². The molecule has 84 valence electrons. The molecule has 2 unspecified atom stereocenters. The monoisotopic (exact) mass is 226 g/mol. The number of aliphatic hydroxyl groups excluding tert-OH is 1. The molecule has 2 rings (SSSR count). The van der Waals surface area contributed by atoms with Crippen LogP contribution in [0.4, 0.5) is 0 Å². The summed E-state index contributed by atoms with van der Waals surface area (Å²) in [6.07, 6.45) is 3.88. The van der Waals surface area contributed by atoms with E-state index in [1.54, 1.807) is 6.92 Å². The molecular formula is C12H18O2S. The minimum atomic E-state index is 0.152. The summed E-state index contributed by atoms with van der Waals surface area (Å²) in [5, 5.41) is 9.70. The number of allylic oxidation sites excluding steroid dienone is 2. The largest absolute Gasteiger partial charge is 0.512 e. The van der Waals surface area contributed by atoms with E-state index >= 15 is 0 Å².